The average molecular weight is 412 g/mol. The predicted octanol–water partition coefficient (Wildman–Crippen LogP) is 3.50. The van der Waals surface area contributed by atoms with E-state index < -0.39 is 11.9 Å². The molecule has 0 bridgehead atoms. The molecule has 0 unspecified atom stereocenters. The fraction of sp³-hybridized carbons (Fsp3) is 0.294. The molecule has 0 fully saturated rings. The van der Waals surface area contributed by atoms with Gasteiger partial charge in [-0.1, -0.05) is 22.9 Å². The summed E-state index contributed by atoms with van der Waals surface area (Å²) in [5.41, 5.74) is 0.939. The lowest BCUT2D eigenvalue weighted by Gasteiger charge is -2.12. The van der Waals surface area contributed by atoms with Gasteiger partial charge in [0.05, 0.1) is 35.7 Å². The molecule has 0 radical (unpaired) electrons. The highest BCUT2D eigenvalue weighted by atomic mass is 35.5. The maximum Gasteiger partial charge on any atom is 0.350 e. The number of rotatable bonds is 6. The monoisotopic (exact) mass is 411 g/mol. The number of hydrogen-bond acceptors (Lipinski definition) is 7. The number of carbonyl (C=O) groups excluding carboxylic acids is 3. The van der Waals surface area contributed by atoms with Crippen LogP contribution in [0, 0.1) is 6.92 Å². The minimum Gasteiger partial charge on any atom is -0.496 e. The Kier molecular flexibility index (Phi) is 6.75. The third-order valence-electron chi connectivity index (χ3n) is 3.32. The number of halogens is 1. The Bertz CT molecular complexity index is 897. The van der Waals surface area contributed by atoms with Gasteiger partial charge in [-0.05, 0) is 19.9 Å². The summed E-state index contributed by atoms with van der Waals surface area (Å²) < 4.78 is 10.2. The molecule has 2 amide bonds. The maximum atomic E-state index is 12.6. The molecule has 10 heteroatoms. The van der Waals surface area contributed by atoms with Crippen molar-refractivity contribution in [2.75, 3.05) is 24.4 Å². The molecule has 8 nitrogen and oxygen atoms in total. The molecule has 0 atom stereocenters. The molecule has 1 aromatic carbocycles. The number of amides is 2. The highest BCUT2D eigenvalue weighted by Gasteiger charge is 2.21. The molecule has 0 aliphatic carbocycles. The van der Waals surface area contributed by atoms with E-state index in [2.05, 4.69) is 15.6 Å². The molecular formula is C17H18ClN3O5S. The van der Waals surface area contributed by atoms with Gasteiger partial charge in [-0.15, -0.1) is 0 Å². The van der Waals surface area contributed by atoms with Crippen molar-refractivity contribution in [1.82, 2.24) is 4.98 Å². The number of aryl methyl sites for hydroxylation is 1. The third-order valence-corrected chi connectivity index (χ3v) is 4.69. The first-order valence-corrected chi connectivity index (χ1v) is 9.07. The van der Waals surface area contributed by atoms with Gasteiger partial charge < -0.3 is 14.8 Å². The highest BCUT2D eigenvalue weighted by Crippen LogP contribution is 2.32. The number of nitrogens with one attached hydrogen (secondary N) is 2. The van der Waals surface area contributed by atoms with Gasteiger partial charge in [-0.25, -0.2) is 9.78 Å². The summed E-state index contributed by atoms with van der Waals surface area (Å²) in [5, 5.41) is 5.59. The van der Waals surface area contributed by atoms with Gasteiger partial charge >= 0.3 is 5.97 Å². The van der Waals surface area contributed by atoms with Crippen molar-refractivity contribution in [3.63, 3.8) is 0 Å². The third kappa shape index (κ3) is 4.95. The van der Waals surface area contributed by atoms with Gasteiger partial charge in [-0.2, -0.15) is 0 Å². The van der Waals surface area contributed by atoms with Crippen LogP contribution < -0.4 is 15.4 Å². The Morgan fingerprint density at radius 1 is 1.26 bits per heavy atom. The number of esters is 1. The quantitative estimate of drug-likeness (QED) is 0.704. The molecule has 0 aliphatic heterocycles. The highest BCUT2D eigenvalue weighted by molar-refractivity contribution is 7.17. The molecule has 1 aromatic heterocycles. The number of hydrogen-bond donors (Lipinski definition) is 2. The smallest absolute Gasteiger partial charge is 0.350 e. The summed E-state index contributed by atoms with van der Waals surface area (Å²) in [7, 11) is 1.39. The first kappa shape index (κ1) is 20.7. The molecule has 27 heavy (non-hydrogen) atoms. The second kappa shape index (κ2) is 8.83. The summed E-state index contributed by atoms with van der Waals surface area (Å²) >= 11 is 7.14. The molecule has 2 rings (SSSR count). The average Bonchev–Trinajstić information content (AvgIpc) is 2.96. The Labute approximate surface area is 164 Å². The number of nitrogens with zero attached hydrogens (tertiary/aromatic N) is 1. The van der Waals surface area contributed by atoms with Gasteiger partial charge in [0, 0.05) is 13.0 Å². The second-order valence-corrected chi connectivity index (χ2v) is 6.73. The fourth-order valence-corrected chi connectivity index (χ4v) is 3.25. The lowest BCUT2D eigenvalue weighted by Crippen LogP contribution is -2.14. The maximum absolute atomic E-state index is 12.6. The van der Waals surface area contributed by atoms with E-state index in [-0.39, 0.29) is 34.0 Å². The molecule has 1 heterocycles. The van der Waals surface area contributed by atoms with E-state index in [0.29, 0.717) is 16.3 Å². The standard InChI is InChI=1S/C17H18ClN3O5S/c1-5-26-16(24)14-8(2)19-17(27-14)21-15(23)10-6-11(18)12(20-9(3)22)7-13(10)25-4/h6-7H,5H2,1-4H3,(H,20,22)(H,19,21,23). The number of ether oxygens (including phenoxy) is 2. The van der Waals surface area contributed by atoms with E-state index in [9.17, 15) is 14.4 Å². The zero-order valence-corrected chi connectivity index (χ0v) is 16.7. The van der Waals surface area contributed by atoms with Crippen molar-refractivity contribution in [2.45, 2.75) is 20.8 Å². The van der Waals surface area contributed by atoms with Crippen LogP contribution in [0.25, 0.3) is 0 Å². The minimum absolute atomic E-state index is 0.155. The van der Waals surface area contributed by atoms with E-state index in [4.69, 9.17) is 21.1 Å². The molecule has 144 valence electrons. The van der Waals surface area contributed by atoms with Crippen molar-refractivity contribution in [2.24, 2.45) is 0 Å². The fourth-order valence-electron chi connectivity index (χ4n) is 2.19. The van der Waals surface area contributed by atoms with E-state index in [1.165, 1.54) is 26.2 Å². The van der Waals surface area contributed by atoms with Crippen LogP contribution in [0.15, 0.2) is 12.1 Å². The van der Waals surface area contributed by atoms with Crippen molar-refractivity contribution in [1.29, 1.82) is 0 Å². The van der Waals surface area contributed by atoms with Gasteiger partial charge in [0.25, 0.3) is 5.91 Å². The zero-order chi connectivity index (χ0) is 20.1. The summed E-state index contributed by atoms with van der Waals surface area (Å²) in [6.45, 7) is 4.94. The van der Waals surface area contributed by atoms with Gasteiger partial charge in [0.2, 0.25) is 5.91 Å². The molecule has 0 spiro atoms. The number of carbonyl (C=O) groups is 3. The SMILES string of the molecule is CCOC(=O)c1sc(NC(=O)c2cc(Cl)c(NC(C)=O)cc2OC)nc1C. The Morgan fingerprint density at radius 3 is 2.56 bits per heavy atom. The summed E-state index contributed by atoms with van der Waals surface area (Å²) in [5.74, 6) is -1.10. The van der Waals surface area contributed by atoms with Crippen LogP contribution in [0.5, 0.6) is 5.75 Å². The van der Waals surface area contributed by atoms with Crippen LogP contribution in [-0.2, 0) is 9.53 Å². The van der Waals surface area contributed by atoms with Crippen LogP contribution in [0.1, 0.15) is 39.6 Å². The first-order chi connectivity index (χ1) is 12.8. The Hall–Kier alpha value is -2.65. The van der Waals surface area contributed by atoms with E-state index in [1.54, 1.807) is 13.8 Å². The predicted molar refractivity (Wildman–Crippen MR) is 103 cm³/mol. The lowest BCUT2D eigenvalue weighted by molar-refractivity contribution is -0.114. The first-order valence-electron chi connectivity index (χ1n) is 7.87. The van der Waals surface area contributed by atoms with E-state index >= 15 is 0 Å². The van der Waals surface area contributed by atoms with Crippen molar-refractivity contribution >= 4 is 51.5 Å². The number of benzene rings is 1. The largest absolute Gasteiger partial charge is 0.496 e. The molecule has 2 aromatic rings. The number of aromatic nitrogens is 1. The summed E-state index contributed by atoms with van der Waals surface area (Å²) in [6.07, 6.45) is 0. The molecule has 0 aliphatic rings. The molecule has 2 N–H and O–H groups in total. The molecule has 0 saturated carbocycles. The van der Waals surface area contributed by atoms with E-state index in [1.807, 2.05) is 0 Å². The zero-order valence-electron chi connectivity index (χ0n) is 15.1. The number of anilines is 2. The van der Waals surface area contributed by atoms with Gasteiger partial charge in [-0.3, -0.25) is 14.9 Å². The second-order valence-electron chi connectivity index (χ2n) is 5.32. The van der Waals surface area contributed by atoms with Crippen LogP contribution in [0.3, 0.4) is 0 Å². The van der Waals surface area contributed by atoms with Gasteiger partial charge in [0.1, 0.15) is 10.6 Å². The topological polar surface area (TPSA) is 107 Å². The van der Waals surface area contributed by atoms with Crippen LogP contribution in [0.4, 0.5) is 10.8 Å². The summed E-state index contributed by atoms with van der Waals surface area (Å²) in [6, 6.07) is 2.84. The lowest BCUT2D eigenvalue weighted by atomic mass is 10.1. The summed E-state index contributed by atoms with van der Waals surface area (Å²) in [4.78, 5) is 40.2. The molecule has 0 saturated heterocycles. The minimum atomic E-state index is -0.521. The van der Waals surface area contributed by atoms with Crippen molar-refractivity contribution < 1.29 is 23.9 Å². The molecular weight excluding hydrogens is 394 g/mol. The van der Waals surface area contributed by atoms with Crippen molar-refractivity contribution in [3.05, 3.63) is 33.3 Å². The van der Waals surface area contributed by atoms with Crippen molar-refractivity contribution in [3.8, 4) is 5.75 Å². The Morgan fingerprint density at radius 2 is 1.96 bits per heavy atom. The Balaban J connectivity index is 2.28. The van der Waals surface area contributed by atoms with Crippen LogP contribution in [-0.4, -0.2) is 36.5 Å². The number of methoxy groups -OCH3 is 1. The van der Waals surface area contributed by atoms with E-state index in [0.717, 1.165) is 11.3 Å². The number of thiazole rings is 1. The van der Waals surface area contributed by atoms with Crippen LogP contribution >= 0.6 is 22.9 Å². The normalized spacial score (nSPS) is 10.3. The van der Waals surface area contributed by atoms with Gasteiger partial charge in [0.15, 0.2) is 5.13 Å². The van der Waals surface area contributed by atoms with Crippen LogP contribution in [0.2, 0.25) is 5.02 Å².